The van der Waals surface area contributed by atoms with E-state index in [4.69, 9.17) is 0 Å². The Morgan fingerprint density at radius 3 is 2.80 bits per heavy atom. The molecule has 20 heavy (non-hydrogen) atoms. The van der Waals surface area contributed by atoms with Gasteiger partial charge in [-0.3, -0.25) is 0 Å². The largest absolute Gasteiger partial charge is 0.314 e. The Balaban J connectivity index is 1.72. The average molecular weight is 278 g/mol. The molecule has 2 heterocycles. The maximum atomic E-state index is 13.5. The molecule has 1 N–H and O–H groups in total. The first-order chi connectivity index (χ1) is 9.66. The van der Waals surface area contributed by atoms with Gasteiger partial charge in [-0.05, 0) is 25.5 Å². The number of nitrogens with one attached hydrogen (secondary N) is 1. The van der Waals surface area contributed by atoms with Crippen molar-refractivity contribution < 1.29 is 8.78 Å². The van der Waals surface area contributed by atoms with Crippen LogP contribution < -0.4 is 5.32 Å². The quantitative estimate of drug-likeness (QED) is 0.933. The van der Waals surface area contributed by atoms with Gasteiger partial charge in [0, 0.05) is 25.1 Å². The third-order valence-electron chi connectivity index (χ3n) is 3.67. The summed E-state index contributed by atoms with van der Waals surface area (Å²) < 4.78 is 29.2. The SMILES string of the molecule is CC(NCc1c(F)cccc1F)c1nnc2n1CCC2. The number of hydrogen-bond acceptors (Lipinski definition) is 3. The molecule has 1 atom stereocenters. The molecule has 0 bridgehead atoms. The Morgan fingerprint density at radius 1 is 1.30 bits per heavy atom. The van der Waals surface area contributed by atoms with Crippen LogP contribution in [0.4, 0.5) is 8.78 Å². The summed E-state index contributed by atoms with van der Waals surface area (Å²) in [5.74, 6) is 0.757. The van der Waals surface area contributed by atoms with Crippen molar-refractivity contribution in [2.45, 2.75) is 38.9 Å². The van der Waals surface area contributed by atoms with Crippen LogP contribution in [-0.4, -0.2) is 14.8 Å². The van der Waals surface area contributed by atoms with Crippen molar-refractivity contribution in [1.82, 2.24) is 20.1 Å². The molecular formula is C14H16F2N4. The molecule has 0 saturated heterocycles. The van der Waals surface area contributed by atoms with Crippen molar-refractivity contribution in [2.24, 2.45) is 0 Å². The summed E-state index contributed by atoms with van der Waals surface area (Å²) in [5, 5.41) is 11.4. The lowest BCUT2D eigenvalue weighted by atomic mass is 10.2. The van der Waals surface area contributed by atoms with Gasteiger partial charge in [-0.25, -0.2) is 8.78 Å². The molecule has 1 aromatic carbocycles. The van der Waals surface area contributed by atoms with E-state index in [0.29, 0.717) is 0 Å². The fourth-order valence-corrected chi connectivity index (χ4v) is 2.54. The summed E-state index contributed by atoms with van der Waals surface area (Å²) in [4.78, 5) is 0. The topological polar surface area (TPSA) is 42.7 Å². The Labute approximate surface area is 115 Å². The second-order valence-electron chi connectivity index (χ2n) is 5.03. The van der Waals surface area contributed by atoms with E-state index in [1.165, 1.54) is 18.2 Å². The highest BCUT2D eigenvalue weighted by atomic mass is 19.1. The van der Waals surface area contributed by atoms with E-state index in [1.54, 1.807) is 0 Å². The number of nitrogens with zero attached hydrogens (tertiary/aromatic N) is 3. The van der Waals surface area contributed by atoms with Gasteiger partial charge in [0.2, 0.25) is 0 Å². The van der Waals surface area contributed by atoms with Gasteiger partial charge in [-0.15, -0.1) is 10.2 Å². The van der Waals surface area contributed by atoms with Crippen molar-refractivity contribution in [1.29, 1.82) is 0 Å². The molecule has 0 saturated carbocycles. The molecule has 3 rings (SSSR count). The summed E-state index contributed by atoms with van der Waals surface area (Å²) in [7, 11) is 0. The molecule has 0 aliphatic carbocycles. The Hall–Kier alpha value is -1.82. The number of benzene rings is 1. The second kappa shape index (κ2) is 5.28. The van der Waals surface area contributed by atoms with Gasteiger partial charge in [0.05, 0.1) is 6.04 Å². The van der Waals surface area contributed by atoms with Crippen LogP contribution in [0.3, 0.4) is 0 Å². The zero-order valence-corrected chi connectivity index (χ0v) is 11.2. The normalized spacial score (nSPS) is 15.3. The molecule has 1 aromatic heterocycles. The van der Waals surface area contributed by atoms with Crippen molar-refractivity contribution in [3.05, 3.63) is 47.0 Å². The highest BCUT2D eigenvalue weighted by Crippen LogP contribution is 2.20. The Morgan fingerprint density at radius 2 is 2.05 bits per heavy atom. The summed E-state index contributed by atoms with van der Waals surface area (Å²) in [6.07, 6.45) is 2.02. The highest BCUT2D eigenvalue weighted by Gasteiger charge is 2.21. The molecule has 0 spiro atoms. The first-order valence-corrected chi connectivity index (χ1v) is 6.75. The van der Waals surface area contributed by atoms with Gasteiger partial charge in [0.1, 0.15) is 23.3 Å². The van der Waals surface area contributed by atoms with Crippen LogP contribution in [0.25, 0.3) is 0 Å². The van der Waals surface area contributed by atoms with Crippen LogP contribution in [0.1, 0.15) is 36.6 Å². The molecule has 4 nitrogen and oxygen atoms in total. The first kappa shape index (κ1) is 13.2. The molecule has 2 aromatic rings. The predicted octanol–water partition coefficient (Wildman–Crippen LogP) is 2.35. The second-order valence-corrected chi connectivity index (χ2v) is 5.03. The minimum Gasteiger partial charge on any atom is -0.314 e. The van der Waals surface area contributed by atoms with E-state index < -0.39 is 11.6 Å². The Kier molecular flexibility index (Phi) is 3.48. The number of rotatable bonds is 4. The molecule has 1 aliphatic rings. The minimum absolute atomic E-state index is 0.0560. The molecule has 106 valence electrons. The lowest BCUT2D eigenvalue weighted by molar-refractivity contribution is 0.484. The number of hydrogen-bond donors (Lipinski definition) is 1. The van der Waals surface area contributed by atoms with Crippen LogP contribution in [0, 0.1) is 11.6 Å². The fraction of sp³-hybridized carbons (Fsp3) is 0.429. The third kappa shape index (κ3) is 2.31. The van der Waals surface area contributed by atoms with E-state index in [0.717, 1.165) is 31.0 Å². The van der Waals surface area contributed by atoms with Gasteiger partial charge >= 0.3 is 0 Å². The molecule has 1 unspecified atom stereocenters. The smallest absolute Gasteiger partial charge is 0.149 e. The third-order valence-corrected chi connectivity index (χ3v) is 3.67. The van der Waals surface area contributed by atoms with E-state index in [1.807, 2.05) is 6.92 Å². The van der Waals surface area contributed by atoms with E-state index in [2.05, 4.69) is 20.1 Å². The predicted molar refractivity (Wildman–Crippen MR) is 70.0 cm³/mol. The van der Waals surface area contributed by atoms with Crippen LogP contribution in [0.5, 0.6) is 0 Å². The van der Waals surface area contributed by atoms with Gasteiger partial charge in [0.25, 0.3) is 0 Å². The van der Waals surface area contributed by atoms with Gasteiger partial charge < -0.3 is 9.88 Å². The highest BCUT2D eigenvalue weighted by molar-refractivity contribution is 5.19. The summed E-state index contributed by atoms with van der Waals surface area (Å²) >= 11 is 0. The van der Waals surface area contributed by atoms with E-state index in [-0.39, 0.29) is 18.2 Å². The Bertz CT molecular complexity index is 603. The number of halogens is 2. The van der Waals surface area contributed by atoms with Gasteiger partial charge in [-0.1, -0.05) is 6.07 Å². The van der Waals surface area contributed by atoms with Crippen molar-refractivity contribution in [3.8, 4) is 0 Å². The zero-order valence-electron chi connectivity index (χ0n) is 11.2. The lowest BCUT2D eigenvalue weighted by Gasteiger charge is -2.14. The maximum Gasteiger partial charge on any atom is 0.149 e. The van der Waals surface area contributed by atoms with Gasteiger partial charge in [-0.2, -0.15) is 0 Å². The average Bonchev–Trinajstić information content (AvgIpc) is 3.00. The molecule has 0 fully saturated rings. The van der Waals surface area contributed by atoms with Crippen LogP contribution >= 0.6 is 0 Å². The molecule has 0 amide bonds. The molecule has 6 heteroatoms. The maximum absolute atomic E-state index is 13.5. The molecule has 1 aliphatic heterocycles. The van der Waals surface area contributed by atoms with Crippen molar-refractivity contribution >= 4 is 0 Å². The summed E-state index contributed by atoms with van der Waals surface area (Å²) in [6.45, 7) is 2.97. The molecular weight excluding hydrogens is 262 g/mol. The number of fused-ring (bicyclic) bond motifs is 1. The summed E-state index contributed by atoms with van der Waals surface area (Å²) in [6, 6.07) is 3.79. The zero-order chi connectivity index (χ0) is 14.1. The van der Waals surface area contributed by atoms with E-state index in [9.17, 15) is 8.78 Å². The van der Waals surface area contributed by atoms with Crippen LogP contribution in [-0.2, 0) is 19.5 Å². The van der Waals surface area contributed by atoms with E-state index >= 15 is 0 Å². The van der Waals surface area contributed by atoms with Crippen molar-refractivity contribution in [3.63, 3.8) is 0 Å². The lowest BCUT2D eigenvalue weighted by Crippen LogP contribution is -2.22. The number of aromatic nitrogens is 3. The molecule has 0 radical (unpaired) electrons. The fourth-order valence-electron chi connectivity index (χ4n) is 2.54. The first-order valence-electron chi connectivity index (χ1n) is 6.75. The monoisotopic (exact) mass is 278 g/mol. The number of aryl methyl sites for hydroxylation is 1. The van der Waals surface area contributed by atoms with Crippen LogP contribution in [0.2, 0.25) is 0 Å². The van der Waals surface area contributed by atoms with Crippen molar-refractivity contribution in [2.75, 3.05) is 0 Å². The standard InChI is InChI=1S/C14H16F2N4/c1-9(14-19-18-13-6-3-7-20(13)14)17-8-10-11(15)4-2-5-12(10)16/h2,4-5,9,17H,3,6-8H2,1H3. The minimum atomic E-state index is -0.531. The van der Waals surface area contributed by atoms with Gasteiger partial charge in [0.15, 0.2) is 0 Å². The van der Waals surface area contributed by atoms with Crippen LogP contribution in [0.15, 0.2) is 18.2 Å². The summed E-state index contributed by atoms with van der Waals surface area (Å²) in [5.41, 5.74) is 0.0560.